The van der Waals surface area contributed by atoms with Crippen molar-refractivity contribution in [3.63, 3.8) is 0 Å². The van der Waals surface area contributed by atoms with Gasteiger partial charge in [-0.1, -0.05) is 0 Å². The summed E-state index contributed by atoms with van der Waals surface area (Å²) in [5.74, 6) is 0.889. The number of nitrogens with two attached hydrogens (primary N) is 1. The van der Waals surface area contributed by atoms with Crippen molar-refractivity contribution >= 4 is 38.1 Å². The van der Waals surface area contributed by atoms with E-state index in [1.807, 2.05) is 6.92 Å². The van der Waals surface area contributed by atoms with Crippen molar-refractivity contribution in [3.8, 4) is 0 Å². The minimum atomic E-state index is -0.0579. The fourth-order valence-electron chi connectivity index (χ4n) is 3.36. The first-order valence-electron chi connectivity index (χ1n) is 7.62. The minimum absolute atomic E-state index is 0.0376. The fourth-order valence-corrected chi connectivity index (χ4v) is 4.21. The van der Waals surface area contributed by atoms with Crippen molar-refractivity contribution in [1.29, 1.82) is 0 Å². The van der Waals surface area contributed by atoms with Crippen molar-refractivity contribution in [2.24, 2.45) is 16.8 Å². The fraction of sp³-hybridized carbons (Fsp3) is 0.600. The van der Waals surface area contributed by atoms with Crippen LogP contribution in [0.3, 0.4) is 0 Å². The molecule has 0 saturated heterocycles. The Bertz CT molecular complexity index is 612. The first kappa shape index (κ1) is 15.6. The lowest BCUT2D eigenvalue weighted by molar-refractivity contribution is -0.149. The lowest BCUT2D eigenvalue weighted by Crippen LogP contribution is -2.26. The Labute approximate surface area is 143 Å². The van der Waals surface area contributed by atoms with E-state index in [2.05, 4.69) is 32.6 Å². The van der Waals surface area contributed by atoms with Gasteiger partial charge in [0.25, 0.3) is 0 Å². The monoisotopic (exact) mass is 414 g/mol. The molecular formula is C15H19IN4O2. The Balaban J connectivity index is 1.71. The number of hydrogen-bond acceptors (Lipinski definition) is 6. The summed E-state index contributed by atoms with van der Waals surface area (Å²) in [7, 11) is 0. The molecule has 2 heterocycles. The number of nitrogen functional groups attached to an aromatic ring is 1. The minimum Gasteiger partial charge on any atom is -0.466 e. The summed E-state index contributed by atoms with van der Waals surface area (Å²) in [5.41, 5.74) is 7.78. The second-order valence-corrected chi connectivity index (χ2v) is 6.77. The van der Waals surface area contributed by atoms with Gasteiger partial charge < -0.3 is 10.5 Å². The zero-order valence-electron chi connectivity index (χ0n) is 12.5. The molecule has 3 rings (SSSR count). The van der Waals surface area contributed by atoms with Crippen molar-refractivity contribution in [3.05, 3.63) is 17.6 Å². The number of fused-ring (bicyclic) bond motifs is 1. The molecule has 1 saturated carbocycles. The highest BCUT2D eigenvalue weighted by Crippen LogP contribution is 2.44. The Kier molecular flexibility index (Phi) is 4.60. The van der Waals surface area contributed by atoms with E-state index < -0.39 is 0 Å². The van der Waals surface area contributed by atoms with Gasteiger partial charge in [0.15, 0.2) is 0 Å². The standard InChI is InChI=1S/C15H19IN4O2/c1-2-22-15(21)9-5-3-8(4-6-9)11-12-10(13(16)20-11)14(17)19-7-18-12/h7-9,11H,2-6H2,1H3,(H2,17,18,19). The van der Waals surface area contributed by atoms with Gasteiger partial charge in [-0.2, -0.15) is 0 Å². The Morgan fingerprint density at radius 2 is 2.09 bits per heavy atom. The predicted molar refractivity (Wildman–Crippen MR) is 91.8 cm³/mol. The molecule has 1 aliphatic carbocycles. The molecule has 0 amide bonds. The molecule has 6 nitrogen and oxygen atoms in total. The number of rotatable bonds is 3. The van der Waals surface area contributed by atoms with Gasteiger partial charge in [0.1, 0.15) is 15.9 Å². The molecule has 2 aliphatic rings. The highest BCUT2D eigenvalue weighted by atomic mass is 127. The lowest BCUT2D eigenvalue weighted by atomic mass is 9.78. The average molecular weight is 414 g/mol. The van der Waals surface area contributed by atoms with E-state index in [4.69, 9.17) is 15.5 Å². The summed E-state index contributed by atoms with van der Waals surface area (Å²) in [6, 6.07) is 0.0512. The summed E-state index contributed by atoms with van der Waals surface area (Å²) in [5, 5.41) is 0. The number of halogens is 1. The van der Waals surface area contributed by atoms with Crippen LogP contribution in [0.25, 0.3) is 0 Å². The van der Waals surface area contributed by atoms with Gasteiger partial charge >= 0.3 is 5.97 Å². The number of ether oxygens (including phenoxy) is 1. The van der Waals surface area contributed by atoms with E-state index in [9.17, 15) is 4.79 Å². The van der Waals surface area contributed by atoms with Crippen LogP contribution in [0.2, 0.25) is 0 Å². The van der Waals surface area contributed by atoms with Gasteiger partial charge in [-0.15, -0.1) is 0 Å². The highest BCUT2D eigenvalue weighted by Gasteiger charge is 2.37. The third kappa shape index (κ3) is 2.82. The molecule has 22 heavy (non-hydrogen) atoms. The van der Waals surface area contributed by atoms with Gasteiger partial charge in [0.2, 0.25) is 0 Å². The van der Waals surface area contributed by atoms with Crippen LogP contribution < -0.4 is 5.73 Å². The number of nitrogens with zero attached hydrogens (tertiary/aromatic N) is 3. The van der Waals surface area contributed by atoms with Crippen LogP contribution in [0, 0.1) is 11.8 Å². The van der Waals surface area contributed by atoms with Crippen molar-refractivity contribution in [1.82, 2.24) is 9.97 Å². The lowest BCUT2D eigenvalue weighted by Gasteiger charge is -2.29. The van der Waals surface area contributed by atoms with Crippen molar-refractivity contribution < 1.29 is 9.53 Å². The molecule has 1 atom stereocenters. The number of esters is 1. The highest BCUT2D eigenvalue weighted by molar-refractivity contribution is 14.1. The molecule has 0 bridgehead atoms. The zero-order chi connectivity index (χ0) is 15.7. The molecule has 118 valence electrons. The van der Waals surface area contributed by atoms with Crippen LogP contribution >= 0.6 is 22.6 Å². The van der Waals surface area contributed by atoms with Crippen LogP contribution in [0.15, 0.2) is 11.3 Å². The van der Waals surface area contributed by atoms with Crippen LogP contribution in [0.5, 0.6) is 0 Å². The van der Waals surface area contributed by atoms with E-state index in [-0.39, 0.29) is 17.9 Å². The summed E-state index contributed by atoms with van der Waals surface area (Å²) < 4.78 is 6.02. The zero-order valence-corrected chi connectivity index (χ0v) is 14.6. The second kappa shape index (κ2) is 6.47. The number of aliphatic imine (C=N–C) groups is 1. The summed E-state index contributed by atoms with van der Waals surface area (Å²) >= 11 is 2.20. The van der Waals surface area contributed by atoms with Gasteiger partial charge in [-0.05, 0) is 61.1 Å². The maximum absolute atomic E-state index is 11.8. The average Bonchev–Trinajstić information content (AvgIpc) is 2.86. The van der Waals surface area contributed by atoms with E-state index >= 15 is 0 Å². The maximum Gasteiger partial charge on any atom is 0.308 e. The van der Waals surface area contributed by atoms with Crippen LogP contribution in [0.1, 0.15) is 49.9 Å². The third-order valence-corrected chi connectivity index (χ3v) is 5.30. The van der Waals surface area contributed by atoms with Crippen molar-refractivity contribution in [2.45, 2.75) is 38.6 Å². The molecule has 1 aromatic heterocycles. The van der Waals surface area contributed by atoms with Crippen LogP contribution in [-0.4, -0.2) is 26.3 Å². The molecule has 2 N–H and O–H groups in total. The van der Waals surface area contributed by atoms with E-state index in [0.29, 0.717) is 18.3 Å². The Morgan fingerprint density at radius 3 is 2.77 bits per heavy atom. The van der Waals surface area contributed by atoms with Crippen LogP contribution in [0.4, 0.5) is 5.82 Å². The van der Waals surface area contributed by atoms with Crippen molar-refractivity contribution in [2.75, 3.05) is 12.3 Å². The topological polar surface area (TPSA) is 90.5 Å². The molecule has 1 aliphatic heterocycles. The van der Waals surface area contributed by atoms with Gasteiger partial charge in [0.05, 0.1) is 29.8 Å². The first-order valence-corrected chi connectivity index (χ1v) is 8.70. The summed E-state index contributed by atoms with van der Waals surface area (Å²) in [6.07, 6.45) is 5.16. The van der Waals surface area contributed by atoms with E-state index in [0.717, 1.165) is 40.7 Å². The molecule has 7 heteroatoms. The van der Waals surface area contributed by atoms with E-state index in [1.165, 1.54) is 6.33 Å². The number of carbonyl (C=O) groups is 1. The first-order chi connectivity index (χ1) is 10.6. The molecule has 1 aromatic rings. The Morgan fingerprint density at radius 1 is 1.36 bits per heavy atom. The smallest absolute Gasteiger partial charge is 0.308 e. The summed E-state index contributed by atoms with van der Waals surface area (Å²) in [4.78, 5) is 25.0. The van der Waals surface area contributed by atoms with Gasteiger partial charge in [-0.3, -0.25) is 9.79 Å². The molecule has 0 radical (unpaired) electrons. The number of aromatic nitrogens is 2. The predicted octanol–water partition coefficient (Wildman–Crippen LogP) is 2.66. The van der Waals surface area contributed by atoms with E-state index in [1.54, 1.807) is 0 Å². The largest absolute Gasteiger partial charge is 0.466 e. The number of hydrogen-bond donors (Lipinski definition) is 1. The molecule has 1 unspecified atom stereocenters. The maximum atomic E-state index is 11.8. The van der Waals surface area contributed by atoms with Gasteiger partial charge in [-0.25, -0.2) is 9.97 Å². The molecule has 0 aromatic carbocycles. The SMILES string of the molecule is CCOC(=O)C1CCC(C2N=C(I)c3c(N)ncnc32)CC1. The Hall–Kier alpha value is -1.25. The third-order valence-electron chi connectivity index (χ3n) is 4.48. The van der Waals surface area contributed by atoms with Gasteiger partial charge in [0, 0.05) is 0 Å². The molecule has 0 spiro atoms. The number of anilines is 1. The normalized spacial score (nSPS) is 27.2. The van der Waals surface area contributed by atoms with Crippen LogP contribution in [-0.2, 0) is 9.53 Å². The second-order valence-electron chi connectivity index (χ2n) is 5.75. The molecular weight excluding hydrogens is 395 g/mol. The number of carbonyl (C=O) groups excluding carboxylic acids is 1. The summed E-state index contributed by atoms with van der Waals surface area (Å²) in [6.45, 7) is 2.30. The quantitative estimate of drug-likeness (QED) is 0.607. The molecule has 1 fully saturated rings.